The Balaban J connectivity index is 1.42. The van der Waals surface area contributed by atoms with Gasteiger partial charge in [-0.15, -0.1) is 5.10 Å². The second kappa shape index (κ2) is 6.74. The van der Waals surface area contributed by atoms with Gasteiger partial charge in [0.05, 0.1) is 11.6 Å². The largest absolute Gasteiger partial charge is 0.381 e. The first-order chi connectivity index (χ1) is 12.2. The first-order valence-electron chi connectivity index (χ1n) is 9.19. The van der Waals surface area contributed by atoms with Crippen molar-refractivity contribution < 1.29 is 14.3 Å². The Kier molecular flexibility index (Phi) is 4.45. The minimum absolute atomic E-state index is 0.0124. The molecule has 2 amide bonds. The molecule has 8 heteroatoms. The van der Waals surface area contributed by atoms with E-state index < -0.39 is 0 Å². The maximum Gasteiger partial charge on any atom is 0.244 e. The van der Waals surface area contributed by atoms with Crippen molar-refractivity contribution in [2.75, 3.05) is 32.8 Å². The van der Waals surface area contributed by atoms with Crippen LogP contribution in [0.2, 0.25) is 0 Å². The second-order valence-corrected chi connectivity index (χ2v) is 7.39. The van der Waals surface area contributed by atoms with Crippen LogP contribution >= 0.6 is 0 Å². The van der Waals surface area contributed by atoms with E-state index in [2.05, 4.69) is 15.2 Å². The molecule has 4 heterocycles. The molecule has 8 nitrogen and oxygen atoms in total. The number of likely N-dealkylation sites (tertiary alicyclic amines) is 2. The predicted molar refractivity (Wildman–Crippen MR) is 88.4 cm³/mol. The van der Waals surface area contributed by atoms with Gasteiger partial charge in [-0.05, 0) is 32.1 Å². The summed E-state index contributed by atoms with van der Waals surface area (Å²) in [6.45, 7) is 3.71. The lowest BCUT2D eigenvalue weighted by atomic mass is 9.77. The predicted octanol–water partition coefficient (Wildman–Crippen LogP) is 0.298. The summed E-state index contributed by atoms with van der Waals surface area (Å²) in [4.78, 5) is 29.7. The van der Waals surface area contributed by atoms with Gasteiger partial charge in [0.1, 0.15) is 6.54 Å². The van der Waals surface area contributed by atoms with Gasteiger partial charge in [-0.25, -0.2) is 4.68 Å². The highest BCUT2D eigenvalue weighted by Crippen LogP contribution is 2.41. The fourth-order valence-corrected chi connectivity index (χ4v) is 4.47. The van der Waals surface area contributed by atoms with Crippen LogP contribution in [0, 0.1) is 5.41 Å². The minimum atomic E-state index is -0.380. The average Bonchev–Trinajstić information content (AvgIpc) is 3.29. The minimum Gasteiger partial charge on any atom is -0.381 e. The molecule has 3 saturated heterocycles. The van der Waals surface area contributed by atoms with Gasteiger partial charge in [-0.1, -0.05) is 5.21 Å². The molecular formula is C17H25N5O3. The summed E-state index contributed by atoms with van der Waals surface area (Å²) in [7, 11) is 0. The molecular weight excluding hydrogens is 322 g/mol. The van der Waals surface area contributed by atoms with Crippen molar-refractivity contribution >= 4 is 11.8 Å². The number of hydrogen-bond acceptors (Lipinski definition) is 5. The zero-order valence-electron chi connectivity index (χ0n) is 14.5. The van der Waals surface area contributed by atoms with Crippen LogP contribution in [0.3, 0.4) is 0 Å². The Morgan fingerprint density at radius 1 is 1.28 bits per heavy atom. The second-order valence-electron chi connectivity index (χ2n) is 7.39. The van der Waals surface area contributed by atoms with Crippen LogP contribution < -0.4 is 0 Å². The molecule has 3 fully saturated rings. The fourth-order valence-electron chi connectivity index (χ4n) is 4.47. The maximum absolute atomic E-state index is 13.3. The number of aromatic nitrogens is 3. The normalized spacial score (nSPS) is 28.1. The van der Waals surface area contributed by atoms with Crippen molar-refractivity contribution in [3.05, 3.63) is 12.4 Å². The third-order valence-corrected chi connectivity index (χ3v) is 5.88. The van der Waals surface area contributed by atoms with Gasteiger partial charge < -0.3 is 14.5 Å². The molecule has 3 aliphatic heterocycles. The summed E-state index contributed by atoms with van der Waals surface area (Å²) in [6, 6.07) is 0.304. The van der Waals surface area contributed by atoms with Crippen molar-refractivity contribution in [2.45, 2.75) is 44.7 Å². The Bertz CT molecular complexity index is 628. The van der Waals surface area contributed by atoms with E-state index in [1.807, 2.05) is 4.90 Å². The van der Waals surface area contributed by atoms with Crippen LogP contribution in [0.4, 0.5) is 0 Å². The van der Waals surface area contributed by atoms with Gasteiger partial charge in [-0.3, -0.25) is 9.59 Å². The highest BCUT2D eigenvalue weighted by atomic mass is 16.5. The molecule has 25 heavy (non-hydrogen) atoms. The fraction of sp³-hybridized carbons (Fsp3) is 0.765. The monoisotopic (exact) mass is 347 g/mol. The van der Waals surface area contributed by atoms with Crippen molar-refractivity contribution in [3.63, 3.8) is 0 Å². The summed E-state index contributed by atoms with van der Waals surface area (Å²) < 4.78 is 6.97. The number of rotatable bonds is 3. The lowest BCUT2D eigenvalue weighted by molar-refractivity contribution is -0.151. The number of nitrogens with zero attached hydrogens (tertiary/aromatic N) is 5. The van der Waals surface area contributed by atoms with Gasteiger partial charge in [0.25, 0.3) is 0 Å². The van der Waals surface area contributed by atoms with E-state index in [4.69, 9.17) is 4.74 Å². The standard InChI is InChI=1S/C17H25N5O3/c23-15(12-21-9-6-18-19-21)20-8-5-17(13-20)4-1-7-22(16(17)24)14-2-10-25-11-3-14/h6,9,14H,1-5,7-8,10-13H2/t17-/m1/s1. The van der Waals surface area contributed by atoms with E-state index in [1.165, 1.54) is 4.68 Å². The molecule has 1 spiro atoms. The van der Waals surface area contributed by atoms with Crippen LogP contribution in [0.15, 0.2) is 12.4 Å². The molecule has 0 N–H and O–H groups in total. The van der Waals surface area contributed by atoms with Gasteiger partial charge in [0.2, 0.25) is 11.8 Å². The SMILES string of the molecule is O=C(Cn1ccnn1)N1CC[C@]2(CCCN(C3CCOCC3)C2=O)C1. The molecule has 136 valence electrons. The molecule has 1 atom stereocenters. The van der Waals surface area contributed by atoms with E-state index in [0.717, 1.165) is 51.9 Å². The van der Waals surface area contributed by atoms with Crippen LogP contribution in [0.1, 0.15) is 32.1 Å². The topological polar surface area (TPSA) is 80.6 Å². The number of carbonyl (C=O) groups excluding carboxylic acids is 2. The highest BCUT2D eigenvalue weighted by molar-refractivity contribution is 5.86. The van der Waals surface area contributed by atoms with E-state index in [-0.39, 0.29) is 23.8 Å². The van der Waals surface area contributed by atoms with Gasteiger partial charge >= 0.3 is 0 Å². The lowest BCUT2D eigenvalue weighted by Gasteiger charge is -2.44. The molecule has 3 aliphatic rings. The number of hydrogen-bond donors (Lipinski definition) is 0. The van der Waals surface area contributed by atoms with E-state index in [1.54, 1.807) is 12.4 Å². The number of ether oxygens (including phenoxy) is 1. The van der Waals surface area contributed by atoms with Crippen LogP contribution in [-0.2, 0) is 20.9 Å². The molecule has 0 radical (unpaired) electrons. The molecule has 1 aromatic rings. The highest BCUT2D eigenvalue weighted by Gasteiger charge is 2.50. The zero-order valence-corrected chi connectivity index (χ0v) is 14.5. The first-order valence-corrected chi connectivity index (χ1v) is 9.19. The molecule has 0 unspecified atom stereocenters. The summed E-state index contributed by atoms with van der Waals surface area (Å²) in [5.41, 5.74) is -0.380. The third-order valence-electron chi connectivity index (χ3n) is 5.88. The van der Waals surface area contributed by atoms with Gasteiger partial charge in [0.15, 0.2) is 0 Å². The molecule has 0 saturated carbocycles. The Labute approximate surface area is 147 Å². The summed E-state index contributed by atoms with van der Waals surface area (Å²) in [5, 5.41) is 7.58. The van der Waals surface area contributed by atoms with Crippen LogP contribution in [0.25, 0.3) is 0 Å². The number of amides is 2. The summed E-state index contributed by atoms with van der Waals surface area (Å²) in [5.74, 6) is 0.264. The van der Waals surface area contributed by atoms with E-state index >= 15 is 0 Å². The van der Waals surface area contributed by atoms with Crippen molar-refractivity contribution in [3.8, 4) is 0 Å². The molecule has 0 aliphatic carbocycles. The van der Waals surface area contributed by atoms with Crippen molar-refractivity contribution in [1.29, 1.82) is 0 Å². The Morgan fingerprint density at radius 2 is 2.12 bits per heavy atom. The van der Waals surface area contributed by atoms with Crippen molar-refractivity contribution in [2.24, 2.45) is 5.41 Å². The van der Waals surface area contributed by atoms with Crippen molar-refractivity contribution in [1.82, 2.24) is 24.8 Å². The van der Waals surface area contributed by atoms with Gasteiger partial charge in [0, 0.05) is 45.1 Å². The lowest BCUT2D eigenvalue weighted by Crippen LogP contribution is -2.55. The number of carbonyl (C=O) groups is 2. The average molecular weight is 347 g/mol. The van der Waals surface area contributed by atoms with Crippen LogP contribution in [0.5, 0.6) is 0 Å². The number of piperidine rings is 1. The summed E-state index contributed by atoms with van der Waals surface area (Å²) >= 11 is 0. The quantitative estimate of drug-likeness (QED) is 0.785. The van der Waals surface area contributed by atoms with E-state index in [9.17, 15) is 9.59 Å². The molecule has 4 rings (SSSR count). The summed E-state index contributed by atoms with van der Waals surface area (Å²) in [6.07, 6.45) is 7.78. The van der Waals surface area contributed by atoms with Crippen LogP contribution in [-0.4, -0.2) is 75.5 Å². The molecule has 0 aromatic carbocycles. The Morgan fingerprint density at radius 3 is 2.88 bits per heavy atom. The van der Waals surface area contributed by atoms with Gasteiger partial charge in [-0.2, -0.15) is 0 Å². The maximum atomic E-state index is 13.3. The smallest absolute Gasteiger partial charge is 0.244 e. The Hall–Kier alpha value is -1.96. The van der Waals surface area contributed by atoms with E-state index in [0.29, 0.717) is 19.1 Å². The first kappa shape index (κ1) is 16.5. The molecule has 1 aromatic heterocycles. The molecule has 0 bridgehead atoms. The zero-order chi connectivity index (χ0) is 17.3. The third kappa shape index (κ3) is 3.15.